The minimum Gasteiger partial charge on any atom is -0.493 e. The Morgan fingerprint density at radius 3 is 2.37 bits per heavy atom. The molecule has 2 aromatic carbocycles. The molecule has 0 radical (unpaired) electrons. The van der Waals surface area contributed by atoms with E-state index in [9.17, 15) is 21.9 Å². The monoisotopic (exact) mass is 410 g/mol. The molecule has 8 nitrogen and oxygen atoms in total. The van der Waals surface area contributed by atoms with Crippen LogP contribution in [0.1, 0.15) is 16.7 Å². The van der Waals surface area contributed by atoms with Crippen molar-refractivity contribution >= 4 is 26.0 Å². The number of hydrogen-bond acceptors (Lipinski definition) is 6. The zero-order valence-electron chi connectivity index (χ0n) is 14.6. The standard InChI is InChI=1S/C17H18N2O6S2/c1-12-3-6-14(16(9-12)25-26(2,21)22)10-13-4-7-15(8-5-13)19-11-17(20)18-27(19,23)24/h3-9,11,18,20H,10H2,1-2H3. The third kappa shape index (κ3) is 4.52. The van der Waals surface area contributed by atoms with E-state index in [1.54, 1.807) is 36.4 Å². The summed E-state index contributed by atoms with van der Waals surface area (Å²) in [4.78, 5) is 0. The highest BCUT2D eigenvalue weighted by Crippen LogP contribution is 2.27. The van der Waals surface area contributed by atoms with E-state index < -0.39 is 26.2 Å². The molecule has 10 heteroatoms. The number of hydrogen-bond donors (Lipinski definition) is 2. The van der Waals surface area contributed by atoms with Gasteiger partial charge in [0.25, 0.3) is 0 Å². The van der Waals surface area contributed by atoms with Crippen molar-refractivity contribution < 1.29 is 26.1 Å². The number of anilines is 1. The molecule has 144 valence electrons. The van der Waals surface area contributed by atoms with Crippen LogP contribution in [-0.2, 0) is 26.7 Å². The van der Waals surface area contributed by atoms with Crippen molar-refractivity contribution in [1.29, 1.82) is 0 Å². The van der Waals surface area contributed by atoms with Gasteiger partial charge in [-0.1, -0.05) is 24.3 Å². The van der Waals surface area contributed by atoms with Crippen molar-refractivity contribution in [2.24, 2.45) is 0 Å². The van der Waals surface area contributed by atoms with Crippen LogP contribution in [0.25, 0.3) is 0 Å². The van der Waals surface area contributed by atoms with Crippen LogP contribution in [0.4, 0.5) is 5.69 Å². The molecular formula is C17H18N2O6S2. The van der Waals surface area contributed by atoms with Gasteiger partial charge in [0.15, 0.2) is 0 Å². The number of aryl methyl sites for hydroxylation is 1. The van der Waals surface area contributed by atoms with Gasteiger partial charge < -0.3 is 9.29 Å². The first-order valence-electron chi connectivity index (χ1n) is 7.84. The molecule has 0 aromatic heterocycles. The van der Waals surface area contributed by atoms with E-state index in [2.05, 4.69) is 0 Å². The minimum atomic E-state index is -3.84. The summed E-state index contributed by atoms with van der Waals surface area (Å²) >= 11 is 0. The maximum atomic E-state index is 11.9. The van der Waals surface area contributed by atoms with Crippen molar-refractivity contribution in [3.63, 3.8) is 0 Å². The molecular weight excluding hydrogens is 392 g/mol. The summed E-state index contributed by atoms with van der Waals surface area (Å²) in [6.07, 6.45) is 2.46. The maximum Gasteiger partial charge on any atom is 0.330 e. The van der Waals surface area contributed by atoms with Crippen molar-refractivity contribution in [2.45, 2.75) is 13.3 Å². The van der Waals surface area contributed by atoms with E-state index in [1.165, 1.54) is 0 Å². The van der Waals surface area contributed by atoms with Crippen molar-refractivity contribution in [1.82, 2.24) is 4.72 Å². The number of aliphatic hydroxyl groups excluding tert-OH is 1. The van der Waals surface area contributed by atoms with Gasteiger partial charge in [0.05, 0.1) is 18.1 Å². The van der Waals surface area contributed by atoms with E-state index >= 15 is 0 Å². The van der Waals surface area contributed by atoms with Crippen LogP contribution in [0.2, 0.25) is 0 Å². The van der Waals surface area contributed by atoms with E-state index in [-0.39, 0.29) is 5.75 Å². The Hall–Kier alpha value is -2.72. The summed E-state index contributed by atoms with van der Waals surface area (Å²) < 4.78 is 54.7. The lowest BCUT2D eigenvalue weighted by molar-refractivity contribution is 0.392. The topological polar surface area (TPSA) is 113 Å². The van der Waals surface area contributed by atoms with Gasteiger partial charge in [-0.2, -0.15) is 16.8 Å². The van der Waals surface area contributed by atoms with Crippen molar-refractivity contribution in [3.05, 3.63) is 71.2 Å². The zero-order valence-corrected chi connectivity index (χ0v) is 16.2. The average molecular weight is 410 g/mol. The number of benzene rings is 2. The Kier molecular flexibility index (Phi) is 4.79. The zero-order chi connectivity index (χ0) is 19.8. The van der Waals surface area contributed by atoms with Gasteiger partial charge in [0.1, 0.15) is 5.75 Å². The Morgan fingerprint density at radius 1 is 1.15 bits per heavy atom. The second-order valence-corrected chi connectivity index (χ2v) is 9.28. The molecule has 27 heavy (non-hydrogen) atoms. The normalized spacial score (nSPS) is 15.9. The molecule has 0 saturated heterocycles. The second kappa shape index (κ2) is 6.78. The second-order valence-electron chi connectivity index (χ2n) is 6.16. The first kappa shape index (κ1) is 19.1. The maximum absolute atomic E-state index is 11.9. The highest BCUT2D eigenvalue weighted by molar-refractivity contribution is 7.91. The number of aliphatic hydroxyl groups is 1. The minimum absolute atomic E-state index is 0.265. The van der Waals surface area contributed by atoms with Gasteiger partial charge in [0.2, 0.25) is 5.88 Å². The number of nitrogens with zero attached hydrogens (tertiary/aromatic N) is 1. The van der Waals surface area contributed by atoms with E-state index in [0.29, 0.717) is 17.7 Å². The molecule has 1 aliphatic heterocycles. The first-order valence-corrected chi connectivity index (χ1v) is 11.1. The Morgan fingerprint density at radius 2 is 1.81 bits per heavy atom. The van der Waals surface area contributed by atoms with Crippen LogP contribution < -0.4 is 13.2 Å². The lowest BCUT2D eigenvalue weighted by atomic mass is 10.0. The molecule has 3 rings (SSSR count). The Balaban J connectivity index is 1.86. The van der Waals surface area contributed by atoms with Crippen molar-refractivity contribution in [3.8, 4) is 5.75 Å². The molecule has 1 aliphatic rings. The molecule has 0 amide bonds. The summed E-state index contributed by atoms with van der Waals surface area (Å²) in [6.45, 7) is 1.83. The van der Waals surface area contributed by atoms with Crippen LogP contribution in [-0.4, -0.2) is 28.2 Å². The predicted octanol–water partition coefficient (Wildman–Crippen LogP) is 1.94. The lowest BCUT2D eigenvalue weighted by Gasteiger charge is -2.15. The molecule has 1 heterocycles. The van der Waals surface area contributed by atoms with E-state index in [1.807, 2.05) is 17.7 Å². The predicted molar refractivity (Wildman–Crippen MR) is 101 cm³/mol. The molecule has 0 fully saturated rings. The van der Waals surface area contributed by atoms with Gasteiger partial charge in [-0.25, -0.2) is 9.03 Å². The molecule has 2 N–H and O–H groups in total. The molecule has 0 atom stereocenters. The summed E-state index contributed by atoms with van der Waals surface area (Å²) in [5.41, 5.74) is 2.74. The van der Waals surface area contributed by atoms with Crippen LogP contribution in [0, 0.1) is 6.92 Å². The average Bonchev–Trinajstić information content (AvgIpc) is 2.82. The van der Waals surface area contributed by atoms with Gasteiger partial charge in [0, 0.05) is 12.0 Å². The van der Waals surface area contributed by atoms with Gasteiger partial charge >= 0.3 is 20.3 Å². The van der Waals surface area contributed by atoms with Crippen LogP contribution in [0.3, 0.4) is 0 Å². The summed E-state index contributed by atoms with van der Waals surface area (Å²) in [5, 5.41) is 9.36. The quantitative estimate of drug-likeness (QED) is 0.729. The van der Waals surface area contributed by atoms with Gasteiger partial charge in [-0.15, -0.1) is 0 Å². The molecule has 0 unspecified atom stereocenters. The number of rotatable bonds is 5. The molecule has 0 aliphatic carbocycles. The van der Waals surface area contributed by atoms with E-state index in [0.717, 1.165) is 27.9 Å². The van der Waals surface area contributed by atoms with Gasteiger partial charge in [-0.3, -0.25) is 0 Å². The van der Waals surface area contributed by atoms with Crippen molar-refractivity contribution in [2.75, 3.05) is 10.6 Å². The summed E-state index contributed by atoms with van der Waals surface area (Å²) in [6, 6.07) is 11.9. The highest BCUT2D eigenvalue weighted by Gasteiger charge is 2.28. The van der Waals surface area contributed by atoms with Crippen LogP contribution >= 0.6 is 0 Å². The third-order valence-corrected chi connectivity index (χ3v) is 5.56. The fraction of sp³-hybridized carbons (Fsp3) is 0.176. The SMILES string of the molecule is Cc1ccc(Cc2ccc(N3C=C(O)NS3(=O)=O)cc2)c(OS(C)(=O)=O)c1. The lowest BCUT2D eigenvalue weighted by Crippen LogP contribution is -2.29. The Bertz CT molecular complexity index is 1110. The Labute approximate surface area is 158 Å². The molecule has 0 saturated carbocycles. The smallest absolute Gasteiger partial charge is 0.330 e. The fourth-order valence-electron chi connectivity index (χ4n) is 2.63. The fourth-order valence-corrected chi connectivity index (χ4v) is 4.17. The molecule has 0 spiro atoms. The van der Waals surface area contributed by atoms with Gasteiger partial charge in [-0.05, 0) is 36.2 Å². The van der Waals surface area contributed by atoms with Crippen LogP contribution in [0.15, 0.2) is 54.5 Å². The summed E-state index contributed by atoms with van der Waals surface area (Å²) in [5.74, 6) is -0.193. The highest BCUT2D eigenvalue weighted by atomic mass is 32.2. The third-order valence-electron chi connectivity index (χ3n) is 3.78. The summed E-state index contributed by atoms with van der Waals surface area (Å²) in [7, 11) is -7.49. The number of nitrogens with one attached hydrogen (secondary N) is 1. The molecule has 2 aromatic rings. The van der Waals surface area contributed by atoms with E-state index in [4.69, 9.17) is 4.18 Å². The molecule has 0 bridgehead atoms. The van der Waals surface area contributed by atoms with Crippen LogP contribution in [0.5, 0.6) is 5.75 Å². The first-order chi connectivity index (χ1) is 12.5. The largest absolute Gasteiger partial charge is 0.493 e.